The molecule has 0 amide bonds. The van der Waals surface area contributed by atoms with Crippen LogP contribution in [0, 0.1) is 6.92 Å². The van der Waals surface area contributed by atoms with Gasteiger partial charge in [0.05, 0.1) is 12.2 Å². The standard InChI is InChI=1S/C19H21N5/c1-15-23-18(21-12-10-16-7-3-2-4-8-16)13-19(24-15)22-14-17-9-5-6-11-20-17/h2-9,11,13H,10,12,14H2,1H3,(H2,21,22,23,24). The number of pyridine rings is 1. The van der Waals surface area contributed by atoms with Gasteiger partial charge in [0.2, 0.25) is 0 Å². The fourth-order valence-electron chi connectivity index (χ4n) is 2.41. The van der Waals surface area contributed by atoms with E-state index in [0.717, 1.165) is 36.1 Å². The van der Waals surface area contributed by atoms with Gasteiger partial charge < -0.3 is 10.6 Å². The molecule has 0 radical (unpaired) electrons. The van der Waals surface area contributed by atoms with Crippen LogP contribution in [0.3, 0.4) is 0 Å². The SMILES string of the molecule is Cc1nc(NCCc2ccccc2)cc(NCc2ccccn2)n1. The lowest BCUT2D eigenvalue weighted by molar-refractivity contribution is 0.967. The molecular weight excluding hydrogens is 298 g/mol. The summed E-state index contributed by atoms with van der Waals surface area (Å²) in [5.74, 6) is 2.38. The Morgan fingerprint density at radius 1 is 0.875 bits per heavy atom. The van der Waals surface area contributed by atoms with E-state index >= 15 is 0 Å². The Morgan fingerprint density at radius 3 is 2.38 bits per heavy atom. The van der Waals surface area contributed by atoms with Crippen LogP contribution in [0.15, 0.2) is 60.8 Å². The number of hydrogen-bond acceptors (Lipinski definition) is 5. The van der Waals surface area contributed by atoms with E-state index in [-0.39, 0.29) is 0 Å². The lowest BCUT2D eigenvalue weighted by atomic mass is 10.1. The number of nitrogens with zero attached hydrogens (tertiary/aromatic N) is 3. The molecule has 122 valence electrons. The smallest absolute Gasteiger partial charge is 0.132 e. The second kappa shape index (κ2) is 8.06. The van der Waals surface area contributed by atoms with Crippen LogP contribution in [0.5, 0.6) is 0 Å². The molecule has 0 saturated heterocycles. The van der Waals surface area contributed by atoms with Crippen molar-refractivity contribution in [3.05, 3.63) is 77.9 Å². The van der Waals surface area contributed by atoms with Crippen LogP contribution in [-0.4, -0.2) is 21.5 Å². The number of nitrogens with one attached hydrogen (secondary N) is 2. The summed E-state index contributed by atoms with van der Waals surface area (Å²) in [5, 5.41) is 6.66. The Morgan fingerprint density at radius 2 is 1.62 bits per heavy atom. The summed E-state index contributed by atoms with van der Waals surface area (Å²) in [4.78, 5) is 13.2. The van der Waals surface area contributed by atoms with Crippen LogP contribution < -0.4 is 10.6 Å². The van der Waals surface area contributed by atoms with Crippen molar-refractivity contribution in [2.24, 2.45) is 0 Å². The Balaban J connectivity index is 1.57. The molecule has 0 aliphatic heterocycles. The van der Waals surface area contributed by atoms with Crippen molar-refractivity contribution in [1.29, 1.82) is 0 Å². The fraction of sp³-hybridized carbons (Fsp3) is 0.211. The minimum Gasteiger partial charge on any atom is -0.370 e. The number of hydrogen-bond donors (Lipinski definition) is 2. The van der Waals surface area contributed by atoms with E-state index in [2.05, 4.69) is 49.9 Å². The Labute approximate surface area is 142 Å². The molecule has 0 atom stereocenters. The monoisotopic (exact) mass is 319 g/mol. The van der Waals surface area contributed by atoms with Crippen molar-refractivity contribution in [1.82, 2.24) is 15.0 Å². The predicted octanol–water partition coefficient (Wildman–Crippen LogP) is 3.45. The molecule has 0 aliphatic rings. The maximum Gasteiger partial charge on any atom is 0.132 e. The van der Waals surface area contributed by atoms with Crippen LogP contribution in [0.4, 0.5) is 11.6 Å². The molecule has 2 heterocycles. The molecule has 2 aromatic heterocycles. The molecule has 0 unspecified atom stereocenters. The highest BCUT2D eigenvalue weighted by Crippen LogP contribution is 2.12. The third kappa shape index (κ3) is 4.78. The van der Waals surface area contributed by atoms with Crippen LogP contribution in [0.1, 0.15) is 17.1 Å². The van der Waals surface area contributed by atoms with Gasteiger partial charge in [-0.15, -0.1) is 0 Å². The Kier molecular flexibility index (Phi) is 5.35. The molecule has 3 rings (SSSR count). The number of anilines is 2. The van der Waals surface area contributed by atoms with Gasteiger partial charge in [0.15, 0.2) is 0 Å². The van der Waals surface area contributed by atoms with Crippen molar-refractivity contribution in [2.75, 3.05) is 17.2 Å². The average molecular weight is 319 g/mol. The molecule has 3 aromatic rings. The summed E-state index contributed by atoms with van der Waals surface area (Å²) in [6, 6.07) is 18.2. The molecule has 24 heavy (non-hydrogen) atoms. The molecule has 1 aromatic carbocycles. The van der Waals surface area contributed by atoms with E-state index < -0.39 is 0 Å². The van der Waals surface area contributed by atoms with E-state index in [0.29, 0.717) is 6.54 Å². The number of aromatic nitrogens is 3. The number of benzene rings is 1. The first-order valence-corrected chi connectivity index (χ1v) is 8.07. The Hall–Kier alpha value is -2.95. The lowest BCUT2D eigenvalue weighted by Crippen LogP contribution is -2.09. The summed E-state index contributed by atoms with van der Waals surface area (Å²) in [6.45, 7) is 3.37. The molecule has 0 spiro atoms. The van der Waals surface area contributed by atoms with Gasteiger partial charge in [0.1, 0.15) is 17.5 Å². The zero-order valence-corrected chi connectivity index (χ0v) is 13.7. The van der Waals surface area contributed by atoms with Gasteiger partial charge in [0, 0.05) is 18.8 Å². The van der Waals surface area contributed by atoms with Crippen molar-refractivity contribution >= 4 is 11.6 Å². The number of aryl methyl sites for hydroxylation is 1. The van der Waals surface area contributed by atoms with E-state index in [1.54, 1.807) is 6.20 Å². The summed E-state index contributed by atoms with van der Waals surface area (Å²) in [6.07, 6.45) is 2.75. The van der Waals surface area contributed by atoms with Crippen molar-refractivity contribution in [2.45, 2.75) is 19.9 Å². The molecule has 5 nitrogen and oxygen atoms in total. The third-order valence-electron chi connectivity index (χ3n) is 3.58. The predicted molar refractivity (Wildman–Crippen MR) is 97.0 cm³/mol. The van der Waals surface area contributed by atoms with Gasteiger partial charge >= 0.3 is 0 Å². The number of rotatable bonds is 7. The summed E-state index contributed by atoms with van der Waals surface area (Å²) < 4.78 is 0. The topological polar surface area (TPSA) is 62.7 Å². The van der Waals surface area contributed by atoms with E-state index in [9.17, 15) is 0 Å². The van der Waals surface area contributed by atoms with E-state index in [1.165, 1.54) is 5.56 Å². The largest absolute Gasteiger partial charge is 0.370 e. The first kappa shape index (κ1) is 15.9. The van der Waals surface area contributed by atoms with E-state index in [4.69, 9.17) is 0 Å². The maximum atomic E-state index is 4.44. The van der Waals surface area contributed by atoms with Crippen molar-refractivity contribution < 1.29 is 0 Å². The van der Waals surface area contributed by atoms with Gasteiger partial charge in [-0.1, -0.05) is 36.4 Å². The minimum atomic E-state index is 0.640. The van der Waals surface area contributed by atoms with Gasteiger partial charge in [-0.3, -0.25) is 4.98 Å². The first-order chi connectivity index (χ1) is 11.8. The zero-order chi connectivity index (χ0) is 16.6. The Bertz CT molecular complexity index is 759. The quantitative estimate of drug-likeness (QED) is 0.698. The van der Waals surface area contributed by atoms with Crippen molar-refractivity contribution in [3.8, 4) is 0 Å². The molecular formula is C19H21N5. The van der Waals surface area contributed by atoms with Crippen LogP contribution in [0.25, 0.3) is 0 Å². The van der Waals surface area contributed by atoms with Gasteiger partial charge in [0.25, 0.3) is 0 Å². The second-order valence-electron chi connectivity index (χ2n) is 5.52. The normalized spacial score (nSPS) is 10.4. The minimum absolute atomic E-state index is 0.640. The average Bonchev–Trinajstić information content (AvgIpc) is 2.61. The molecule has 2 N–H and O–H groups in total. The summed E-state index contributed by atoms with van der Waals surface area (Å²) >= 11 is 0. The molecule has 0 bridgehead atoms. The third-order valence-corrected chi connectivity index (χ3v) is 3.58. The second-order valence-corrected chi connectivity index (χ2v) is 5.52. The molecule has 0 fully saturated rings. The van der Waals surface area contributed by atoms with Gasteiger partial charge in [-0.25, -0.2) is 9.97 Å². The zero-order valence-electron chi connectivity index (χ0n) is 13.7. The molecule has 0 aliphatic carbocycles. The highest BCUT2D eigenvalue weighted by atomic mass is 15.1. The van der Waals surface area contributed by atoms with Crippen LogP contribution in [0.2, 0.25) is 0 Å². The first-order valence-electron chi connectivity index (χ1n) is 8.07. The van der Waals surface area contributed by atoms with Crippen LogP contribution in [-0.2, 0) is 13.0 Å². The highest BCUT2D eigenvalue weighted by molar-refractivity contribution is 5.47. The molecule has 0 saturated carbocycles. The van der Waals surface area contributed by atoms with Crippen LogP contribution >= 0.6 is 0 Å². The van der Waals surface area contributed by atoms with Gasteiger partial charge in [-0.05, 0) is 31.0 Å². The molecule has 5 heteroatoms. The van der Waals surface area contributed by atoms with Gasteiger partial charge in [-0.2, -0.15) is 0 Å². The summed E-state index contributed by atoms with van der Waals surface area (Å²) in [7, 11) is 0. The maximum absolute atomic E-state index is 4.44. The van der Waals surface area contributed by atoms with Crippen molar-refractivity contribution in [3.63, 3.8) is 0 Å². The van der Waals surface area contributed by atoms with E-state index in [1.807, 2.05) is 37.3 Å². The lowest BCUT2D eigenvalue weighted by Gasteiger charge is -2.10. The fourth-order valence-corrected chi connectivity index (χ4v) is 2.41. The summed E-state index contributed by atoms with van der Waals surface area (Å²) in [5.41, 5.74) is 2.29. The highest BCUT2D eigenvalue weighted by Gasteiger charge is 2.02.